The van der Waals surface area contributed by atoms with Gasteiger partial charge in [-0.2, -0.15) is 5.10 Å². The van der Waals surface area contributed by atoms with Crippen LogP contribution in [0.1, 0.15) is 19.0 Å². The molecule has 30 heavy (non-hydrogen) atoms. The Bertz CT molecular complexity index is 924. The van der Waals surface area contributed by atoms with Gasteiger partial charge in [0.15, 0.2) is 5.96 Å². The van der Waals surface area contributed by atoms with Crippen molar-refractivity contribution >= 4 is 11.6 Å². The molecule has 3 aromatic rings. The van der Waals surface area contributed by atoms with Gasteiger partial charge in [0.25, 0.3) is 0 Å². The summed E-state index contributed by atoms with van der Waals surface area (Å²) in [5.41, 5.74) is 2.83. The van der Waals surface area contributed by atoms with Gasteiger partial charge < -0.3 is 20.1 Å². The first-order valence-electron chi connectivity index (χ1n) is 10.2. The van der Waals surface area contributed by atoms with Crippen LogP contribution in [-0.4, -0.2) is 42.6 Å². The highest BCUT2D eigenvalue weighted by Crippen LogP contribution is 2.17. The summed E-state index contributed by atoms with van der Waals surface area (Å²) in [5, 5.41) is 11.2. The Morgan fingerprint density at radius 3 is 2.73 bits per heavy atom. The number of guanidine groups is 1. The highest BCUT2D eigenvalue weighted by Gasteiger charge is 2.04. The largest absolute Gasteiger partial charge is 0.493 e. The average molecular weight is 408 g/mol. The van der Waals surface area contributed by atoms with Crippen molar-refractivity contribution in [3.63, 3.8) is 0 Å². The molecule has 0 saturated carbocycles. The summed E-state index contributed by atoms with van der Waals surface area (Å²) in [4.78, 5) is 4.66. The van der Waals surface area contributed by atoms with Gasteiger partial charge in [-0.3, -0.25) is 0 Å². The number of hydrogen-bond donors (Lipinski definition) is 2. The predicted molar refractivity (Wildman–Crippen MR) is 120 cm³/mol. The second-order valence-corrected chi connectivity index (χ2v) is 6.63. The second kappa shape index (κ2) is 11.6. The number of ether oxygens (including phenoxy) is 2. The molecule has 158 valence electrons. The highest BCUT2D eigenvalue weighted by molar-refractivity contribution is 5.93. The first-order valence-corrected chi connectivity index (χ1v) is 10.2. The van der Waals surface area contributed by atoms with E-state index in [2.05, 4.69) is 20.7 Å². The minimum absolute atomic E-state index is 0.475. The Balaban J connectivity index is 1.62. The first kappa shape index (κ1) is 21.4. The normalized spacial score (nSPS) is 11.3. The molecule has 3 rings (SSSR count). The molecule has 0 atom stereocenters. The summed E-state index contributed by atoms with van der Waals surface area (Å²) in [6.07, 6.45) is 2.80. The van der Waals surface area contributed by atoms with Crippen molar-refractivity contribution < 1.29 is 9.47 Å². The van der Waals surface area contributed by atoms with Gasteiger partial charge in [0.05, 0.1) is 24.5 Å². The Kier molecular flexibility index (Phi) is 8.29. The Morgan fingerprint density at radius 2 is 1.93 bits per heavy atom. The zero-order chi connectivity index (χ0) is 21.0. The molecule has 0 aliphatic rings. The average Bonchev–Trinajstić information content (AvgIpc) is 3.25. The molecule has 7 nitrogen and oxygen atoms in total. The molecule has 1 heterocycles. The third-order valence-corrected chi connectivity index (χ3v) is 4.27. The van der Waals surface area contributed by atoms with Crippen LogP contribution >= 0.6 is 0 Å². The van der Waals surface area contributed by atoms with E-state index in [9.17, 15) is 0 Å². The fraction of sp³-hybridized carbons (Fsp3) is 0.304. The van der Waals surface area contributed by atoms with E-state index in [1.54, 1.807) is 7.11 Å². The Labute approximate surface area is 177 Å². The number of nitrogens with zero attached hydrogens (tertiary/aromatic N) is 3. The number of methoxy groups -OCH3 is 1. The maximum Gasteiger partial charge on any atom is 0.196 e. The lowest BCUT2D eigenvalue weighted by atomic mass is 10.3. The van der Waals surface area contributed by atoms with Crippen LogP contribution in [0, 0.1) is 0 Å². The van der Waals surface area contributed by atoms with Crippen molar-refractivity contribution in [3.8, 4) is 11.4 Å². The number of anilines is 1. The van der Waals surface area contributed by atoms with Gasteiger partial charge in [0, 0.05) is 44.6 Å². The molecule has 0 aliphatic carbocycles. The van der Waals surface area contributed by atoms with Gasteiger partial charge in [-0.15, -0.1) is 0 Å². The third-order valence-electron chi connectivity index (χ3n) is 4.27. The van der Waals surface area contributed by atoms with E-state index in [1.807, 2.05) is 78.5 Å². The maximum absolute atomic E-state index is 5.77. The number of para-hydroxylation sites is 1. The predicted octanol–water partition coefficient (Wildman–Crippen LogP) is 3.87. The van der Waals surface area contributed by atoms with Crippen molar-refractivity contribution in [2.45, 2.75) is 19.9 Å². The number of rotatable bonds is 10. The van der Waals surface area contributed by atoms with E-state index in [0.29, 0.717) is 25.7 Å². The lowest BCUT2D eigenvalue weighted by Gasteiger charge is -2.12. The van der Waals surface area contributed by atoms with Crippen LogP contribution in [0.4, 0.5) is 5.69 Å². The number of aliphatic imine (C=N–C) groups is 1. The molecule has 7 heteroatoms. The smallest absolute Gasteiger partial charge is 0.196 e. The van der Waals surface area contributed by atoms with E-state index in [1.165, 1.54) is 0 Å². The zero-order valence-corrected chi connectivity index (χ0v) is 17.5. The van der Waals surface area contributed by atoms with Gasteiger partial charge in [-0.25, -0.2) is 9.67 Å². The van der Waals surface area contributed by atoms with Crippen molar-refractivity contribution in [3.05, 3.63) is 72.6 Å². The van der Waals surface area contributed by atoms with E-state index in [-0.39, 0.29) is 0 Å². The van der Waals surface area contributed by atoms with Gasteiger partial charge >= 0.3 is 0 Å². The lowest BCUT2D eigenvalue weighted by molar-refractivity contribution is 0.172. The monoisotopic (exact) mass is 407 g/mol. The third kappa shape index (κ3) is 6.63. The summed E-state index contributed by atoms with van der Waals surface area (Å²) in [6, 6.07) is 19.9. The van der Waals surface area contributed by atoms with Crippen LogP contribution in [0.5, 0.6) is 5.75 Å². The number of benzene rings is 2. The molecule has 0 spiro atoms. The molecular weight excluding hydrogens is 378 g/mol. The summed E-state index contributed by atoms with van der Waals surface area (Å²) >= 11 is 0. The van der Waals surface area contributed by atoms with E-state index in [0.717, 1.165) is 35.8 Å². The van der Waals surface area contributed by atoms with Crippen molar-refractivity contribution in [2.75, 3.05) is 32.2 Å². The second-order valence-electron chi connectivity index (χ2n) is 6.63. The van der Waals surface area contributed by atoms with Crippen LogP contribution in [0.3, 0.4) is 0 Å². The molecule has 0 radical (unpaired) electrons. The molecule has 1 aromatic heterocycles. The molecule has 0 aliphatic heterocycles. The zero-order valence-electron chi connectivity index (χ0n) is 17.5. The molecule has 2 N–H and O–H groups in total. The molecule has 0 bridgehead atoms. The molecule has 0 saturated heterocycles. The van der Waals surface area contributed by atoms with Crippen LogP contribution in [0.25, 0.3) is 5.69 Å². The fourth-order valence-corrected chi connectivity index (χ4v) is 2.83. The minimum atomic E-state index is 0.475. The summed E-state index contributed by atoms with van der Waals surface area (Å²) < 4.78 is 12.7. The molecule has 2 aromatic carbocycles. The topological polar surface area (TPSA) is 72.7 Å². The number of aromatic nitrogens is 2. The summed E-state index contributed by atoms with van der Waals surface area (Å²) in [6.45, 7) is 4.58. The molecule has 0 unspecified atom stereocenters. The molecular formula is C23H29N5O2. The van der Waals surface area contributed by atoms with Crippen molar-refractivity contribution in [1.29, 1.82) is 0 Å². The van der Waals surface area contributed by atoms with Crippen LogP contribution < -0.4 is 15.4 Å². The number of hydrogen-bond acceptors (Lipinski definition) is 4. The summed E-state index contributed by atoms with van der Waals surface area (Å²) in [7, 11) is 1.69. The summed E-state index contributed by atoms with van der Waals surface area (Å²) in [5.74, 6) is 1.51. The van der Waals surface area contributed by atoms with Gasteiger partial charge in [-0.05, 0) is 37.3 Å². The van der Waals surface area contributed by atoms with Crippen LogP contribution in [0.2, 0.25) is 0 Å². The van der Waals surface area contributed by atoms with Gasteiger partial charge in [0.1, 0.15) is 5.75 Å². The van der Waals surface area contributed by atoms with Gasteiger partial charge in [-0.1, -0.05) is 24.3 Å². The maximum atomic E-state index is 5.77. The van der Waals surface area contributed by atoms with Crippen molar-refractivity contribution in [1.82, 2.24) is 15.1 Å². The van der Waals surface area contributed by atoms with E-state index in [4.69, 9.17) is 9.47 Å². The Hall–Kier alpha value is -3.32. The Morgan fingerprint density at radius 1 is 1.07 bits per heavy atom. The van der Waals surface area contributed by atoms with Gasteiger partial charge in [0.2, 0.25) is 0 Å². The highest BCUT2D eigenvalue weighted by atomic mass is 16.5. The fourth-order valence-electron chi connectivity index (χ4n) is 2.83. The SMILES string of the molecule is CCNC(=NCc1ccn(-c2ccccc2)n1)Nc1cccc(OCCCOC)c1. The van der Waals surface area contributed by atoms with Crippen LogP contribution in [-0.2, 0) is 11.3 Å². The lowest BCUT2D eigenvalue weighted by Crippen LogP contribution is -2.30. The van der Waals surface area contributed by atoms with E-state index >= 15 is 0 Å². The quantitative estimate of drug-likeness (QED) is 0.303. The minimum Gasteiger partial charge on any atom is -0.493 e. The van der Waals surface area contributed by atoms with E-state index < -0.39 is 0 Å². The van der Waals surface area contributed by atoms with Crippen molar-refractivity contribution in [2.24, 2.45) is 4.99 Å². The number of nitrogens with one attached hydrogen (secondary N) is 2. The van der Waals surface area contributed by atoms with Crippen LogP contribution in [0.15, 0.2) is 71.9 Å². The standard InChI is InChI=1S/C23H29N5O2/c1-3-24-23(26-19-9-7-12-22(17-19)30-16-8-15-29-2)25-18-20-13-14-28(27-20)21-10-5-4-6-11-21/h4-7,9-14,17H,3,8,15-16,18H2,1-2H3,(H2,24,25,26). The molecule has 0 fully saturated rings. The molecule has 0 amide bonds. The first-order chi connectivity index (χ1) is 14.8.